The van der Waals surface area contributed by atoms with Gasteiger partial charge in [-0.25, -0.2) is 0 Å². The summed E-state index contributed by atoms with van der Waals surface area (Å²) in [5.41, 5.74) is 6.29. The monoisotopic (exact) mass is 366 g/mol. The van der Waals surface area contributed by atoms with Crippen molar-refractivity contribution in [2.24, 2.45) is 5.73 Å². The van der Waals surface area contributed by atoms with Gasteiger partial charge in [0.2, 0.25) is 0 Å². The van der Waals surface area contributed by atoms with Crippen molar-refractivity contribution in [2.75, 3.05) is 13.1 Å². The number of benzene rings is 1. The van der Waals surface area contributed by atoms with Gasteiger partial charge >= 0.3 is 0 Å². The van der Waals surface area contributed by atoms with Crippen molar-refractivity contribution in [1.29, 1.82) is 0 Å². The summed E-state index contributed by atoms with van der Waals surface area (Å²) in [5.74, 6) is -0.0172. The molecule has 1 aromatic rings. The standard InChI is InChI=1S/C13H16BrClN2O.ClH/c14-11-6-3-5-10(12(11)15)13(18)17-7-2-1-4-9(17)8-16;/h3,5-6,9H,1-2,4,7-8,16H2;1H. The molecule has 1 aliphatic rings. The van der Waals surface area contributed by atoms with E-state index in [9.17, 15) is 4.79 Å². The average molecular weight is 368 g/mol. The largest absolute Gasteiger partial charge is 0.334 e. The Bertz CT molecular complexity index is 456. The highest BCUT2D eigenvalue weighted by atomic mass is 79.9. The van der Waals surface area contributed by atoms with Gasteiger partial charge in [-0.3, -0.25) is 4.79 Å². The summed E-state index contributed by atoms with van der Waals surface area (Å²) < 4.78 is 0.747. The number of rotatable bonds is 2. The fraction of sp³-hybridized carbons (Fsp3) is 0.462. The molecule has 1 unspecified atom stereocenters. The van der Waals surface area contributed by atoms with Crippen molar-refractivity contribution in [1.82, 2.24) is 4.90 Å². The van der Waals surface area contributed by atoms with E-state index in [4.69, 9.17) is 17.3 Å². The van der Waals surface area contributed by atoms with E-state index in [1.54, 1.807) is 6.07 Å². The predicted octanol–water partition coefficient (Wildman–Crippen LogP) is 3.48. The van der Waals surface area contributed by atoms with Gasteiger partial charge in [0.1, 0.15) is 0 Å². The van der Waals surface area contributed by atoms with Gasteiger partial charge in [-0.15, -0.1) is 12.4 Å². The Morgan fingerprint density at radius 3 is 2.89 bits per heavy atom. The van der Waals surface area contributed by atoms with Crippen LogP contribution >= 0.6 is 39.9 Å². The van der Waals surface area contributed by atoms with Crippen molar-refractivity contribution >= 4 is 45.8 Å². The first kappa shape index (κ1) is 16.8. The minimum Gasteiger partial charge on any atom is -0.334 e. The van der Waals surface area contributed by atoms with Crippen molar-refractivity contribution < 1.29 is 4.79 Å². The summed E-state index contributed by atoms with van der Waals surface area (Å²) in [6.07, 6.45) is 3.15. The molecular weight excluding hydrogens is 351 g/mol. The lowest BCUT2D eigenvalue weighted by Gasteiger charge is -2.35. The Morgan fingerprint density at radius 2 is 2.21 bits per heavy atom. The molecule has 2 rings (SSSR count). The maximum absolute atomic E-state index is 12.5. The lowest BCUT2D eigenvalue weighted by Crippen LogP contribution is -2.47. The number of hydrogen-bond acceptors (Lipinski definition) is 2. The fourth-order valence-corrected chi connectivity index (χ4v) is 2.91. The van der Waals surface area contributed by atoms with E-state index in [-0.39, 0.29) is 24.4 Å². The highest BCUT2D eigenvalue weighted by Gasteiger charge is 2.27. The number of carbonyl (C=O) groups is 1. The molecule has 1 atom stereocenters. The molecule has 1 saturated heterocycles. The molecule has 6 heteroatoms. The first-order chi connectivity index (χ1) is 8.65. The molecule has 0 radical (unpaired) electrons. The third-order valence-electron chi connectivity index (χ3n) is 3.34. The quantitative estimate of drug-likeness (QED) is 0.869. The van der Waals surface area contributed by atoms with Crippen molar-refractivity contribution in [3.8, 4) is 0 Å². The summed E-state index contributed by atoms with van der Waals surface area (Å²) >= 11 is 9.52. The highest BCUT2D eigenvalue weighted by molar-refractivity contribution is 9.10. The number of hydrogen-bond donors (Lipinski definition) is 1. The third-order valence-corrected chi connectivity index (χ3v) is 4.64. The van der Waals surface area contributed by atoms with Gasteiger partial charge in [-0.2, -0.15) is 0 Å². The average Bonchev–Trinajstić information content (AvgIpc) is 2.41. The molecule has 1 fully saturated rings. The number of piperidine rings is 1. The van der Waals surface area contributed by atoms with Crippen molar-refractivity contribution in [3.63, 3.8) is 0 Å². The lowest BCUT2D eigenvalue weighted by molar-refractivity contribution is 0.0623. The van der Waals surface area contributed by atoms with Crippen LogP contribution < -0.4 is 5.73 Å². The number of nitrogens with two attached hydrogens (primary N) is 1. The second-order valence-corrected chi connectivity index (χ2v) is 5.72. The minimum absolute atomic E-state index is 0. The molecule has 19 heavy (non-hydrogen) atoms. The number of likely N-dealkylation sites (tertiary alicyclic amines) is 1. The molecule has 1 amide bonds. The third kappa shape index (κ3) is 3.63. The van der Waals surface area contributed by atoms with E-state index in [0.29, 0.717) is 17.1 Å². The maximum atomic E-state index is 12.5. The van der Waals surface area contributed by atoms with Crippen LogP contribution in [0.5, 0.6) is 0 Å². The smallest absolute Gasteiger partial charge is 0.255 e. The minimum atomic E-state index is -0.0172. The Hall–Kier alpha value is -0.290. The summed E-state index contributed by atoms with van der Waals surface area (Å²) in [6, 6.07) is 5.55. The van der Waals surface area contributed by atoms with Crippen LogP contribution in [0, 0.1) is 0 Å². The van der Waals surface area contributed by atoms with Crippen LogP contribution in [-0.4, -0.2) is 29.9 Å². The first-order valence-electron chi connectivity index (χ1n) is 6.10. The van der Waals surface area contributed by atoms with Gasteiger partial charge in [0, 0.05) is 23.6 Å². The summed E-state index contributed by atoms with van der Waals surface area (Å²) in [6.45, 7) is 1.28. The number of halogens is 3. The maximum Gasteiger partial charge on any atom is 0.255 e. The molecule has 0 aromatic heterocycles. The highest BCUT2D eigenvalue weighted by Crippen LogP contribution is 2.28. The molecule has 2 N–H and O–H groups in total. The van der Waals surface area contributed by atoms with E-state index in [2.05, 4.69) is 15.9 Å². The summed E-state index contributed by atoms with van der Waals surface area (Å²) in [5, 5.41) is 0.476. The van der Waals surface area contributed by atoms with Crippen LogP contribution in [0.2, 0.25) is 5.02 Å². The first-order valence-corrected chi connectivity index (χ1v) is 7.27. The molecule has 1 heterocycles. The Balaban J connectivity index is 0.00000180. The van der Waals surface area contributed by atoms with E-state index >= 15 is 0 Å². The van der Waals surface area contributed by atoms with E-state index in [1.807, 2.05) is 17.0 Å². The van der Waals surface area contributed by atoms with Crippen LogP contribution in [0.3, 0.4) is 0 Å². The van der Waals surface area contributed by atoms with Crippen LogP contribution in [-0.2, 0) is 0 Å². The molecule has 0 saturated carbocycles. The Morgan fingerprint density at radius 1 is 1.47 bits per heavy atom. The molecule has 1 aliphatic heterocycles. The van der Waals surface area contributed by atoms with Crippen molar-refractivity contribution in [3.05, 3.63) is 33.3 Å². The molecule has 0 aliphatic carbocycles. The van der Waals surface area contributed by atoms with Crippen LogP contribution in [0.4, 0.5) is 0 Å². The molecule has 0 bridgehead atoms. The zero-order valence-corrected chi connectivity index (χ0v) is 13.6. The number of carbonyl (C=O) groups excluding carboxylic acids is 1. The van der Waals surface area contributed by atoms with Gasteiger partial charge in [0.25, 0.3) is 5.91 Å². The van der Waals surface area contributed by atoms with Gasteiger partial charge in [0.15, 0.2) is 0 Å². The Labute approximate surface area is 133 Å². The van der Waals surface area contributed by atoms with Gasteiger partial charge in [0.05, 0.1) is 10.6 Å². The van der Waals surface area contributed by atoms with Gasteiger partial charge in [-0.1, -0.05) is 17.7 Å². The summed E-state index contributed by atoms with van der Waals surface area (Å²) in [7, 11) is 0. The normalized spacial score (nSPS) is 18.9. The second kappa shape index (κ2) is 7.48. The number of nitrogens with zero attached hydrogens (tertiary/aromatic N) is 1. The lowest BCUT2D eigenvalue weighted by atomic mass is 10.0. The second-order valence-electron chi connectivity index (χ2n) is 4.49. The SMILES string of the molecule is Cl.NCC1CCCCN1C(=O)c1cccc(Br)c1Cl. The van der Waals surface area contributed by atoms with E-state index in [1.165, 1.54) is 0 Å². The molecular formula is C13H17BrCl2N2O. The zero-order valence-electron chi connectivity index (χ0n) is 10.4. The molecule has 1 aromatic carbocycles. The summed E-state index contributed by atoms with van der Waals surface area (Å²) in [4.78, 5) is 14.4. The van der Waals surface area contributed by atoms with Crippen LogP contribution in [0.1, 0.15) is 29.6 Å². The van der Waals surface area contributed by atoms with Crippen LogP contribution in [0.25, 0.3) is 0 Å². The van der Waals surface area contributed by atoms with Crippen LogP contribution in [0.15, 0.2) is 22.7 Å². The fourth-order valence-electron chi connectivity index (χ4n) is 2.34. The Kier molecular flexibility index (Phi) is 6.60. The van der Waals surface area contributed by atoms with Gasteiger partial charge < -0.3 is 10.6 Å². The predicted molar refractivity (Wildman–Crippen MR) is 84.1 cm³/mol. The van der Waals surface area contributed by atoms with Crippen molar-refractivity contribution in [2.45, 2.75) is 25.3 Å². The molecule has 106 valence electrons. The van der Waals surface area contributed by atoms with E-state index in [0.717, 1.165) is 30.3 Å². The van der Waals surface area contributed by atoms with E-state index < -0.39 is 0 Å². The number of amides is 1. The zero-order chi connectivity index (χ0) is 13.1. The topological polar surface area (TPSA) is 46.3 Å². The molecule has 3 nitrogen and oxygen atoms in total. The van der Waals surface area contributed by atoms with Gasteiger partial charge in [-0.05, 0) is 47.3 Å². The molecule has 0 spiro atoms.